The van der Waals surface area contributed by atoms with Crippen LogP contribution < -0.4 is 14.6 Å². The first-order valence-electron chi connectivity index (χ1n) is 10.4. The number of nitrogens with two attached hydrogens (primary N) is 1. The zero-order chi connectivity index (χ0) is 22.3. The molecular weight excluding hydrogens is 426 g/mol. The van der Waals surface area contributed by atoms with Gasteiger partial charge in [0.1, 0.15) is 17.4 Å². The van der Waals surface area contributed by atoms with E-state index in [2.05, 4.69) is 25.1 Å². The lowest BCUT2D eigenvalue weighted by Crippen LogP contribution is -2.27. The molecule has 2 N–H and O–H groups in total. The number of furan rings is 1. The fraction of sp³-hybridized carbons (Fsp3) is 0.200. The van der Waals surface area contributed by atoms with Crippen molar-refractivity contribution in [1.29, 1.82) is 0 Å². The zero-order valence-corrected chi connectivity index (χ0v) is 18.3. The van der Waals surface area contributed by atoms with Gasteiger partial charge in [-0.2, -0.15) is 0 Å². The fourth-order valence-corrected chi connectivity index (χ4v) is 4.83. The van der Waals surface area contributed by atoms with E-state index >= 15 is 0 Å². The normalized spacial score (nSPS) is 17.1. The first-order valence-corrected chi connectivity index (χ1v) is 12.0. The summed E-state index contributed by atoms with van der Waals surface area (Å²) in [6.45, 7) is 2.44. The summed E-state index contributed by atoms with van der Waals surface area (Å²) in [6, 6.07) is 22.5. The van der Waals surface area contributed by atoms with Crippen LogP contribution in [0.2, 0.25) is 0 Å². The van der Waals surface area contributed by atoms with E-state index in [-0.39, 0.29) is 16.9 Å². The molecule has 1 aliphatic rings. The van der Waals surface area contributed by atoms with Gasteiger partial charge < -0.3 is 13.9 Å². The first kappa shape index (κ1) is 20.6. The van der Waals surface area contributed by atoms with E-state index in [0.29, 0.717) is 24.5 Å². The molecule has 0 spiro atoms. The molecule has 0 amide bonds. The van der Waals surface area contributed by atoms with Crippen LogP contribution >= 0.6 is 0 Å². The highest BCUT2D eigenvalue weighted by atomic mass is 32.2. The molecule has 2 atom stereocenters. The summed E-state index contributed by atoms with van der Waals surface area (Å²) >= 11 is 0. The zero-order valence-electron chi connectivity index (χ0n) is 17.5. The number of ether oxygens (including phenoxy) is 2. The standard InChI is InChI=1S/C25H23NO5S/c1-16-19-9-5-6-10-20(19)31-25(16)24(17-7-3-2-4-8-17)22-13-14-29-23-15-18(32(26,27)28)11-12-21(23)30-22/h2-12,15,22,24H,13-14H2,1H3,(H2,26,27,28)/t22?,24-/m1/s1. The minimum absolute atomic E-state index is 0.00830. The van der Waals surface area contributed by atoms with Gasteiger partial charge in [0, 0.05) is 17.9 Å². The molecule has 0 bridgehead atoms. The highest BCUT2D eigenvalue weighted by Gasteiger charge is 2.34. The molecule has 0 radical (unpaired) electrons. The number of primary sulfonamides is 1. The molecule has 164 valence electrons. The van der Waals surface area contributed by atoms with Gasteiger partial charge in [-0.3, -0.25) is 0 Å². The number of para-hydroxylation sites is 1. The molecule has 32 heavy (non-hydrogen) atoms. The van der Waals surface area contributed by atoms with Gasteiger partial charge in [0.25, 0.3) is 0 Å². The second kappa shape index (κ2) is 8.00. The van der Waals surface area contributed by atoms with Gasteiger partial charge >= 0.3 is 0 Å². The molecule has 2 heterocycles. The van der Waals surface area contributed by atoms with E-state index in [0.717, 1.165) is 27.9 Å². The van der Waals surface area contributed by atoms with E-state index in [1.54, 1.807) is 6.07 Å². The predicted molar refractivity (Wildman–Crippen MR) is 122 cm³/mol. The van der Waals surface area contributed by atoms with Crippen LogP contribution in [0.4, 0.5) is 0 Å². The number of hydrogen-bond acceptors (Lipinski definition) is 5. The Morgan fingerprint density at radius 1 is 0.969 bits per heavy atom. The molecule has 5 rings (SSSR count). The molecule has 7 heteroatoms. The number of fused-ring (bicyclic) bond motifs is 2. The van der Waals surface area contributed by atoms with E-state index in [4.69, 9.17) is 19.0 Å². The summed E-state index contributed by atoms with van der Waals surface area (Å²) in [5.41, 5.74) is 2.99. The highest BCUT2D eigenvalue weighted by molar-refractivity contribution is 7.89. The van der Waals surface area contributed by atoms with Gasteiger partial charge in [-0.25, -0.2) is 13.6 Å². The summed E-state index contributed by atoms with van der Waals surface area (Å²) < 4.78 is 42.1. The van der Waals surface area contributed by atoms with Crippen LogP contribution in [0.5, 0.6) is 11.5 Å². The highest BCUT2D eigenvalue weighted by Crippen LogP contribution is 2.41. The van der Waals surface area contributed by atoms with Crippen LogP contribution in [-0.4, -0.2) is 21.1 Å². The van der Waals surface area contributed by atoms with E-state index < -0.39 is 10.0 Å². The van der Waals surface area contributed by atoms with Gasteiger partial charge in [-0.1, -0.05) is 48.5 Å². The molecule has 0 fully saturated rings. The molecule has 0 aliphatic carbocycles. The Hall–Kier alpha value is -3.29. The minimum Gasteiger partial charge on any atom is -0.490 e. The Morgan fingerprint density at radius 2 is 1.72 bits per heavy atom. The second-order valence-electron chi connectivity index (χ2n) is 7.92. The van der Waals surface area contributed by atoms with Crippen LogP contribution in [0.15, 0.2) is 82.1 Å². The third-order valence-electron chi connectivity index (χ3n) is 5.88. The largest absolute Gasteiger partial charge is 0.490 e. The molecular formula is C25H23NO5S. The number of benzene rings is 3. The van der Waals surface area contributed by atoms with Gasteiger partial charge in [0.2, 0.25) is 10.0 Å². The SMILES string of the molecule is Cc1c([C@H](c2ccccc2)C2CCOc3cc(S(N)(=O)=O)ccc3O2)oc2ccccc12. The lowest BCUT2D eigenvalue weighted by atomic mass is 9.87. The van der Waals surface area contributed by atoms with Crippen molar-refractivity contribution < 1.29 is 22.3 Å². The van der Waals surface area contributed by atoms with Crippen molar-refractivity contribution in [2.45, 2.75) is 30.3 Å². The van der Waals surface area contributed by atoms with Crippen LogP contribution in [0.3, 0.4) is 0 Å². The van der Waals surface area contributed by atoms with Crippen molar-refractivity contribution in [2.24, 2.45) is 5.14 Å². The quantitative estimate of drug-likeness (QED) is 0.485. The molecule has 4 aromatic rings. The average Bonchev–Trinajstić information content (AvgIpc) is 2.97. The van der Waals surface area contributed by atoms with Crippen molar-refractivity contribution in [3.8, 4) is 11.5 Å². The van der Waals surface area contributed by atoms with Crippen LogP contribution in [0, 0.1) is 6.92 Å². The van der Waals surface area contributed by atoms with Crippen molar-refractivity contribution in [3.63, 3.8) is 0 Å². The van der Waals surface area contributed by atoms with Gasteiger partial charge in [-0.05, 0) is 36.2 Å². The van der Waals surface area contributed by atoms with E-state index in [1.165, 1.54) is 12.1 Å². The third-order valence-corrected chi connectivity index (χ3v) is 6.79. The Bertz CT molecular complexity index is 1380. The maximum Gasteiger partial charge on any atom is 0.238 e. The number of sulfonamides is 1. The molecule has 6 nitrogen and oxygen atoms in total. The van der Waals surface area contributed by atoms with Crippen LogP contribution in [-0.2, 0) is 10.0 Å². The molecule has 0 saturated carbocycles. The van der Waals surface area contributed by atoms with Crippen LogP contribution in [0.1, 0.15) is 29.2 Å². The number of rotatable bonds is 4. The Labute approximate surface area is 186 Å². The summed E-state index contributed by atoms with van der Waals surface area (Å²) in [4.78, 5) is -0.00830. The minimum atomic E-state index is -3.84. The van der Waals surface area contributed by atoms with Crippen LogP contribution in [0.25, 0.3) is 11.0 Å². The summed E-state index contributed by atoms with van der Waals surface area (Å²) in [5.74, 6) is 1.53. The Balaban J connectivity index is 1.60. The van der Waals surface area contributed by atoms with E-state index in [1.807, 2.05) is 36.4 Å². The summed E-state index contributed by atoms with van der Waals surface area (Å²) in [7, 11) is -3.84. The maximum absolute atomic E-state index is 11.7. The predicted octanol–water partition coefficient (Wildman–Crippen LogP) is 4.75. The molecule has 1 aliphatic heterocycles. The molecule has 0 saturated heterocycles. The lowest BCUT2D eigenvalue weighted by Gasteiger charge is -2.26. The maximum atomic E-state index is 11.7. The van der Waals surface area contributed by atoms with Crippen molar-refractivity contribution >= 4 is 21.0 Å². The topological polar surface area (TPSA) is 91.8 Å². The monoisotopic (exact) mass is 449 g/mol. The average molecular weight is 450 g/mol. The molecule has 1 aromatic heterocycles. The third kappa shape index (κ3) is 3.74. The molecule has 3 aromatic carbocycles. The fourth-order valence-electron chi connectivity index (χ4n) is 4.30. The van der Waals surface area contributed by atoms with Gasteiger partial charge in [-0.15, -0.1) is 0 Å². The summed E-state index contributed by atoms with van der Waals surface area (Å²) in [6.07, 6.45) is 0.313. The Morgan fingerprint density at radius 3 is 2.47 bits per heavy atom. The second-order valence-corrected chi connectivity index (χ2v) is 9.48. The van der Waals surface area contributed by atoms with Gasteiger partial charge in [0.05, 0.1) is 17.4 Å². The smallest absolute Gasteiger partial charge is 0.238 e. The number of hydrogen-bond donors (Lipinski definition) is 1. The van der Waals surface area contributed by atoms with Gasteiger partial charge in [0.15, 0.2) is 11.5 Å². The van der Waals surface area contributed by atoms with E-state index in [9.17, 15) is 8.42 Å². The Kier molecular flexibility index (Phi) is 5.15. The van der Waals surface area contributed by atoms with Crippen molar-refractivity contribution in [1.82, 2.24) is 0 Å². The summed E-state index contributed by atoms with van der Waals surface area (Å²) in [5, 5.41) is 6.35. The molecule has 1 unspecified atom stereocenters. The lowest BCUT2D eigenvalue weighted by molar-refractivity contribution is 0.164. The van der Waals surface area contributed by atoms with Crippen molar-refractivity contribution in [2.75, 3.05) is 6.61 Å². The first-order chi connectivity index (χ1) is 15.4. The van der Waals surface area contributed by atoms with Crippen molar-refractivity contribution in [3.05, 3.63) is 89.7 Å². The number of aryl methyl sites for hydroxylation is 1.